The van der Waals surface area contributed by atoms with Crippen molar-refractivity contribution in [3.8, 4) is 0 Å². The summed E-state index contributed by atoms with van der Waals surface area (Å²) in [6.07, 6.45) is 1.30. The molecule has 0 bridgehead atoms. The molecule has 1 aliphatic rings. The molecule has 1 fully saturated rings. The Hall–Kier alpha value is -1.77. The Bertz CT molecular complexity index is 900. The highest BCUT2D eigenvalue weighted by molar-refractivity contribution is 9.10. The number of hydrogen-bond acceptors (Lipinski definition) is 4. The summed E-state index contributed by atoms with van der Waals surface area (Å²) in [6.45, 7) is 2.45. The second kappa shape index (κ2) is 7.85. The van der Waals surface area contributed by atoms with Gasteiger partial charge in [0.2, 0.25) is 15.9 Å². The molecule has 3 rings (SSSR count). The van der Waals surface area contributed by atoms with E-state index in [0.29, 0.717) is 25.2 Å². The summed E-state index contributed by atoms with van der Waals surface area (Å²) >= 11 is 3.31. The predicted octanol–water partition coefficient (Wildman–Crippen LogP) is 3.19. The molecule has 6 nitrogen and oxygen atoms in total. The second-order valence-corrected chi connectivity index (χ2v) is 9.16. The summed E-state index contributed by atoms with van der Waals surface area (Å²) in [5.74, 6) is -0.0991. The third kappa shape index (κ3) is 4.31. The highest BCUT2D eigenvalue weighted by Gasteiger charge is 2.33. The van der Waals surface area contributed by atoms with Crippen molar-refractivity contribution < 1.29 is 13.2 Å². The monoisotopic (exact) mass is 437 g/mol. The van der Waals surface area contributed by atoms with Crippen LogP contribution in [0.25, 0.3) is 0 Å². The predicted molar refractivity (Wildman–Crippen MR) is 103 cm³/mol. The number of amides is 1. The summed E-state index contributed by atoms with van der Waals surface area (Å²) in [5, 5.41) is 2.79. The fourth-order valence-corrected chi connectivity index (χ4v) is 4.76. The molecule has 2 aromatic rings. The zero-order chi connectivity index (χ0) is 18.7. The lowest BCUT2D eigenvalue weighted by atomic mass is 9.99. The van der Waals surface area contributed by atoms with Crippen LogP contribution < -0.4 is 5.32 Å². The summed E-state index contributed by atoms with van der Waals surface area (Å²) in [7, 11) is -3.61. The summed E-state index contributed by atoms with van der Waals surface area (Å²) < 4.78 is 27.9. The number of nitrogens with zero attached hydrogens (tertiary/aromatic N) is 2. The molecular formula is C18H20BrN3O3S. The minimum atomic E-state index is -3.61. The van der Waals surface area contributed by atoms with Gasteiger partial charge in [-0.05, 0) is 56.2 Å². The molecule has 8 heteroatoms. The van der Waals surface area contributed by atoms with Crippen LogP contribution in [0.4, 0.5) is 5.82 Å². The summed E-state index contributed by atoms with van der Waals surface area (Å²) in [5.41, 5.74) is 0.811. The first-order valence-electron chi connectivity index (χ1n) is 8.36. The van der Waals surface area contributed by atoms with E-state index in [2.05, 4.69) is 26.2 Å². The van der Waals surface area contributed by atoms with Crippen molar-refractivity contribution in [2.45, 2.75) is 24.7 Å². The zero-order valence-corrected chi connectivity index (χ0v) is 16.8. The van der Waals surface area contributed by atoms with Crippen molar-refractivity contribution in [2.75, 3.05) is 18.4 Å². The summed E-state index contributed by atoms with van der Waals surface area (Å²) in [4.78, 5) is 17.1. The SMILES string of the molecule is Cc1cccc(NC(=O)[C@H]2CCCN(S(=O)(=O)c3ccc(Br)cc3)C2)n1. The number of carbonyl (C=O) groups is 1. The Morgan fingerprint density at radius 1 is 1.23 bits per heavy atom. The van der Waals surface area contributed by atoms with Crippen LogP contribution in [-0.4, -0.2) is 36.7 Å². The zero-order valence-electron chi connectivity index (χ0n) is 14.4. The van der Waals surface area contributed by atoms with Gasteiger partial charge in [0.25, 0.3) is 0 Å². The second-order valence-electron chi connectivity index (χ2n) is 6.31. The first-order valence-corrected chi connectivity index (χ1v) is 10.6. The molecule has 1 aromatic carbocycles. The molecule has 0 unspecified atom stereocenters. The maximum atomic E-state index is 12.8. The van der Waals surface area contributed by atoms with Gasteiger partial charge in [-0.15, -0.1) is 0 Å². The average molecular weight is 438 g/mol. The number of benzene rings is 1. The van der Waals surface area contributed by atoms with Crippen LogP contribution >= 0.6 is 15.9 Å². The van der Waals surface area contributed by atoms with Crippen LogP contribution in [-0.2, 0) is 14.8 Å². The number of halogens is 1. The number of piperidine rings is 1. The Labute approximate surface area is 161 Å². The van der Waals surface area contributed by atoms with E-state index in [4.69, 9.17) is 0 Å². The van der Waals surface area contributed by atoms with Crippen LogP contribution in [0.15, 0.2) is 51.8 Å². The smallest absolute Gasteiger partial charge is 0.243 e. The van der Waals surface area contributed by atoms with Crippen LogP contribution in [0.2, 0.25) is 0 Å². The summed E-state index contributed by atoms with van der Waals surface area (Å²) in [6, 6.07) is 11.9. The molecule has 1 saturated heterocycles. The standard InChI is InChI=1S/C18H20BrN3O3S/c1-13-4-2-6-17(20-13)21-18(23)14-5-3-11-22(12-14)26(24,25)16-9-7-15(19)8-10-16/h2,4,6-10,14H,3,5,11-12H2,1H3,(H,20,21,23)/t14-/m0/s1. The van der Waals surface area contributed by atoms with Crippen LogP contribution in [0.5, 0.6) is 0 Å². The Balaban J connectivity index is 1.72. The molecule has 0 aliphatic carbocycles. The Morgan fingerprint density at radius 2 is 1.96 bits per heavy atom. The van der Waals surface area contributed by atoms with E-state index in [9.17, 15) is 13.2 Å². The van der Waals surface area contributed by atoms with Gasteiger partial charge in [0.1, 0.15) is 5.82 Å². The normalized spacial score (nSPS) is 18.5. The lowest BCUT2D eigenvalue weighted by Crippen LogP contribution is -2.43. The Kier molecular flexibility index (Phi) is 5.74. The molecule has 0 radical (unpaired) electrons. The van der Waals surface area contributed by atoms with Crippen LogP contribution in [0.3, 0.4) is 0 Å². The molecule has 1 amide bonds. The number of nitrogens with one attached hydrogen (secondary N) is 1. The molecule has 138 valence electrons. The molecule has 2 heterocycles. The van der Waals surface area contributed by atoms with E-state index < -0.39 is 15.9 Å². The number of rotatable bonds is 4. The number of aryl methyl sites for hydroxylation is 1. The molecule has 1 N–H and O–H groups in total. The van der Waals surface area contributed by atoms with E-state index in [1.165, 1.54) is 4.31 Å². The fraction of sp³-hybridized carbons (Fsp3) is 0.333. The van der Waals surface area contributed by atoms with Gasteiger partial charge in [0.05, 0.1) is 10.8 Å². The van der Waals surface area contributed by atoms with E-state index in [-0.39, 0.29) is 17.3 Å². The van der Waals surface area contributed by atoms with Crippen molar-refractivity contribution in [1.82, 2.24) is 9.29 Å². The van der Waals surface area contributed by atoms with Crippen molar-refractivity contribution in [1.29, 1.82) is 0 Å². The average Bonchev–Trinajstić information content (AvgIpc) is 2.62. The van der Waals surface area contributed by atoms with Gasteiger partial charge in [0.15, 0.2) is 0 Å². The maximum absolute atomic E-state index is 12.8. The molecule has 0 saturated carbocycles. The Morgan fingerprint density at radius 3 is 2.65 bits per heavy atom. The van der Waals surface area contributed by atoms with Gasteiger partial charge < -0.3 is 5.32 Å². The molecule has 26 heavy (non-hydrogen) atoms. The molecular weight excluding hydrogens is 418 g/mol. The number of hydrogen-bond donors (Lipinski definition) is 1. The van der Waals surface area contributed by atoms with Crippen molar-refractivity contribution >= 4 is 37.7 Å². The lowest BCUT2D eigenvalue weighted by molar-refractivity contribution is -0.120. The number of anilines is 1. The van der Waals surface area contributed by atoms with Crippen molar-refractivity contribution in [3.63, 3.8) is 0 Å². The number of sulfonamides is 1. The maximum Gasteiger partial charge on any atom is 0.243 e. The van der Waals surface area contributed by atoms with E-state index in [1.807, 2.05) is 19.1 Å². The van der Waals surface area contributed by atoms with Crippen LogP contribution in [0, 0.1) is 12.8 Å². The van der Waals surface area contributed by atoms with Gasteiger partial charge in [-0.2, -0.15) is 4.31 Å². The number of aromatic nitrogens is 1. The third-order valence-corrected chi connectivity index (χ3v) is 6.75. The third-order valence-electron chi connectivity index (χ3n) is 4.35. The van der Waals surface area contributed by atoms with Gasteiger partial charge in [-0.25, -0.2) is 13.4 Å². The van der Waals surface area contributed by atoms with Crippen molar-refractivity contribution in [2.24, 2.45) is 5.92 Å². The minimum absolute atomic E-state index is 0.177. The molecule has 1 aromatic heterocycles. The molecule has 0 spiro atoms. The largest absolute Gasteiger partial charge is 0.310 e. The van der Waals surface area contributed by atoms with Gasteiger partial charge >= 0.3 is 0 Å². The fourth-order valence-electron chi connectivity index (χ4n) is 2.97. The molecule has 1 atom stereocenters. The van der Waals surface area contributed by atoms with Gasteiger partial charge in [-0.1, -0.05) is 22.0 Å². The lowest BCUT2D eigenvalue weighted by Gasteiger charge is -2.31. The van der Waals surface area contributed by atoms with Crippen LogP contribution in [0.1, 0.15) is 18.5 Å². The van der Waals surface area contributed by atoms with E-state index >= 15 is 0 Å². The quantitative estimate of drug-likeness (QED) is 0.796. The first-order chi connectivity index (χ1) is 12.4. The van der Waals surface area contributed by atoms with Gasteiger partial charge in [0, 0.05) is 23.3 Å². The topological polar surface area (TPSA) is 79.4 Å². The van der Waals surface area contributed by atoms with E-state index in [1.54, 1.807) is 30.3 Å². The van der Waals surface area contributed by atoms with Crippen molar-refractivity contribution in [3.05, 3.63) is 52.6 Å². The highest BCUT2D eigenvalue weighted by atomic mass is 79.9. The highest BCUT2D eigenvalue weighted by Crippen LogP contribution is 2.25. The minimum Gasteiger partial charge on any atom is -0.310 e. The van der Waals surface area contributed by atoms with E-state index in [0.717, 1.165) is 10.2 Å². The number of pyridine rings is 1. The molecule has 1 aliphatic heterocycles. The number of carbonyl (C=O) groups excluding carboxylic acids is 1. The van der Waals surface area contributed by atoms with Gasteiger partial charge in [-0.3, -0.25) is 4.79 Å². The first kappa shape index (κ1) is 19.0.